The molecule has 1 N–H and O–H groups in total. The Labute approximate surface area is 116 Å². The number of nitrogens with one attached hydrogen (secondary N) is 1. The highest BCUT2D eigenvalue weighted by atomic mass is 16.7. The van der Waals surface area contributed by atoms with Crippen molar-refractivity contribution in [2.75, 3.05) is 33.1 Å². The summed E-state index contributed by atoms with van der Waals surface area (Å²) in [4.78, 5) is 12.0. The molecule has 108 valence electrons. The average molecular weight is 281 g/mol. The quantitative estimate of drug-likeness (QED) is 0.617. The Morgan fingerprint density at radius 3 is 2.80 bits per heavy atom. The first-order chi connectivity index (χ1) is 9.74. The van der Waals surface area contributed by atoms with Crippen LogP contribution in [-0.2, 0) is 22.6 Å². The van der Waals surface area contributed by atoms with Crippen molar-refractivity contribution in [1.82, 2.24) is 0 Å². The molecule has 20 heavy (non-hydrogen) atoms. The van der Waals surface area contributed by atoms with E-state index in [4.69, 9.17) is 14.2 Å². The molecule has 7 nitrogen and oxygen atoms in total. The second-order valence-corrected chi connectivity index (χ2v) is 4.99. The van der Waals surface area contributed by atoms with Crippen LogP contribution in [0.5, 0.6) is 5.75 Å². The third-order valence-electron chi connectivity index (χ3n) is 3.68. The lowest BCUT2D eigenvalue weighted by atomic mass is 10.0. The van der Waals surface area contributed by atoms with Crippen molar-refractivity contribution in [3.8, 4) is 5.75 Å². The van der Waals surface area contributed by atoms with E-state index in [0.717, 1.165) is 44.0 Å². The van der Waals surface area contributed by atoms with E-state index in [2.05, 4.69) is 0 Å². The molecule has 0 radical (unpaired) electrons. The molecule has 0 atom stereocenters. The number of hydrogen-bond acceptors (Lipinski definition) is 5. The average Bonchev–Trinajstić information content (AvgIpc) is 2.48. The van der Waals surface area contributed by atoms with Crippen LogP contribution in [0.3, 0.4) is 0 Å². The number of benzene rings is 1. The highest BCUT2D eigenvalue weighted by Crippen LogP contribution is 2.31. The van der Waals surface area contributed by atoms with E-state index >= 15 is 0 Å². The van der Waals surface area contributed by atoms with Crippen LogP contribution in [0.25, 0.3) is 0 Å². The molecule has 0 amide bonds. The molecule has 1 aromatic carbocycles. The number of non-ortho nitro benzene ring substituents is 1. The number of hydrogen-bond donors (Lipinski definition) is 1. The van der Waals surface area contributed by atoms with Crippen molar-refractivity contribution in [3.63, 3.8) is 0 Å². The van der Waals surface area contributed by atoms with Crippen molar-refractivity contribution < 1.29 is 24.0 Å². The Kier molecular flexibility index (Phi) is 3.81. The normalized spacial score (nSPS) is 19.2. The number of nitro benzene ring substituents is 1. The third-order valence-corrected chi connectivity index (χ3v) is 3.68. The first-order valence-electron chi connectivity index (χ1n) is 6.66. The minimum atomic E-state index is -0.378. The summed E-state index contributed by atoms with van der Waals surface area (Å²) >= 11 is 0. The molecule has 2 aliphatic heterocycles. The number of fused-ring (bicyclic) bond motifs is 1. The van der Waals surface area contributed by atoms with Crippen LogP contribution < -0.4 is 9.64 Å². The summed E-state index contributed by atoms with van der Waals surface area (Å²) in [5, 5.41) is 11.0. The molecule has 1 fully saturated rings. The molecule has 7 heteroatoms. The molecule has 0 aromatic heterocycles. The third kappa shape index (κ3) is 2.74. The molecule has 0 saturated carbocycles. The fourth-order valence-corrected chi connectivity index (χ4v) is 2.60. The van der Waals surface area contributed by atoms with E-state index in [-0.39, 0.29) is 17.4 Å². The summed E-state index contributed by atoms with van der Waals surface area (Å²) in [7, 11) is 0. The Bertz CT molecular complexity index is 514. The van der Waals surface area contributed by atoms with Crippen LogP contribution in [0.1, 0.15) is 11.1 Å². The maximum atomic E-state index is 11.0. The van der Waals surface area contributed by atoms with Crippen molar-refractivity contribution in [1.29, 1.82) is 0 Å². The Balaban J connectivity index is 1.90. The fraction of sp³-hybridized carbons (Fsp3) is 0.538. The molecule has 2 aliphatic rings. The summed E-state index contributed by atoms with van der Waals surface area (Å²) in [6.07, 6.45) is 0. The van der Waals surface area contributed by atoms with Gasteiger partial charge in [-0.05, 0) is 0 Å². The van der Waals surface area contributed by atoms with Crippen LogP contribution in [0.4, 0.5) is 5.69 Å². The minimum absolute atomic E-state index is 0.0771. The van der Waals surface area contributed by atoms with Crippen LogP contribution in [0.2, 0.25) is 0 Å². The molecule has 3 rings (SSSR count). The van der Waals surface area contributed by atoms with Gasteiger partial charge in [-0.2, -0.15) is 0 Å². The van der Waals surface area contributed by atoms with Gasteiger partial charge in [-0.15, -0.1) is 0 Å². The van der Waals surface area contributed by atoms with Crippen LogP contribution >= 0.6 is 0 Å². The summed E-state index contributed by atoms with van der Waals surface area (Å²) in [6, 6.07) is 3.12. The molecule has 0 aliphatic carbocycles. The van der Waals surface area contributed by atoms with Crippen molar-refractivity contribution >= 4 is 5.69 Å². The molecule has 1 aromatic rings. The molecule has 1 saturated heterocycles. The summed E-state index contributed by atoms with van der Waals surface area (Å²) < 4.78 is 16.0. The van der Waals surface area contributed by atoms with Crippen molar-refractivity contribution in [3.05, 3.63) is 33.4 Å². The monoisotopic (exact) mass is 281 g/mol. The number of nitro groups is 1. The van der Waals surface area contributed by atoms with Gasteiger partial charge in [-0.3, -0.25) is 10.1 Å². The van der Waals surface area contributed by atoms with Gasteiger partial charge in [0.25, 0.3) is 5.69 Å². The first kappa shape index (κ1) is 13.3. The van der Waals surface area contributed by atoms with Gasteiger partial charge in [0.1, 0.15) is 25.4 Å². The number of quaternary nitrogens is 1. The van der Waals surface area contributed by atoms with Crippen LogP contribution in [0, 0.1) is 10.1 Å². The second-order valence-electron chi connectivity index (χ2n) is 4.99. The van der Waals surface area contributed by atoms with Gasteiger partial charge < -0.3 is 19.1 Å². The van der Waals surface area contributed by atoms with Gasteiger partial charge in [-0.1, -0.05) is 0 Å². The van der Waals surface area contributed by atoms with E-state index < -0.39 is 0 Å². The van der Waals surface area contributed by atoms with Gasteiger partial charge in [0, 0.05) is 17.2 Å². The highest BCUT2D eigenvalue weighted by Gasteiger charge is 2.24. The van der Waals surface area contributed by atoms with Gasteiger partial charge >= 0.3 is 0 Å². The molecule has 0 spiro atoms. The van der Waals surface area contributed by atoms with E-state index in [1.165, 1.54) is 11.0 Å². The lowest BCUT2D eigenvalue weighted by Gasteiger charge is -2.26. The predicted molar refractivity (Wildman–Crippen MR) is 68.6 cm³/mol. The standard InChI is InChI=1S/C13H16N2O5/c16-15(17)11-5-10(7-14-1-3-18-4-2-14)12-8-19-9-20-13(12)6-11/h5-6H,1-4,7-9H2/p+1. The molecular formula is C13H17N2O5+. The van der Waals surface area contributed by atoms with Crippen LogP contribution in [-0.4, -0.2) is 38.0 Å². The fourth-order valence-electron chi connectivity index (χ4n) is 2.60. The van der Waals surface area contributed by atoms with Gasteiger partial charge in [-0.25, -0.2) is 0 Å². The number of nitrogens with zero attached hydrogens (tertiary/aromatic N) is 1. The lowest BCUT2D eigenvalue weighted by Crippen LogP contribution is -3.12. The van der Waals surface area contributed by atoms with Crippen molar-refractivity contribution in [2.24, 2.45) is 0 Å². The molecular weight excluding hydrogens is 264 g/mol. The molecule has 0 bridgehead atoms. The maximum absolute atomic E-state index is 11.0. The number of ether oxygens (including phenoxy) is 3. The molecule has 0 unspecified atom stereocenters. The Morgan fingerprint density at radius 1 is 1.25 bits per heavy atom. The second kappa shape index (κ2) is 5.74. The van der Waals surface area contributed by atoms with E-state index in [1.54, 1.807) is 6.07 Å². The van der Waals surface area contributed by atoms with E-state index in [0.29, 0.717) is 12.4 Å². The lowest BCUT2D eigenvalue weighted by molar-refractivity contribution is -0.921. The van der Waals surface area contributed by atoms with Crippen LogP contribution in [0.15, 0.2) is 12.1 Å². The first-order valence-corrected chi connectivity index (χ1v) is 6.66. The summed E-state index contributed by atoms with van der Waals surface area (Å²) in [5.41, 5.74) is 1.94. The smallest absolute Gasteiger partial charge is 0.273 e. The Hall–Kier alpha value is -1.70. The minimum Gasteiger partial charge on any atom is -0.467 e. The SMILES string of the molecule is O=[N+]([O-])c1cc(C[NH+]2CCOCC2)c2c(c1)OCOC2. The Morgan fingerprint density at radius 2 is 2.05 bits per heavy atom. The zero-order valence-electron chi connectivity index (χ0n) is 11.1. The van der Waals surface area contributed by atoms with Gasteiger partial charge in [0.05, 0.1) is 30.8 Å². The van der Waals surface area contributed by atoms with E-state index in [1.807, 2.05) is 0 Å². The largest absolute Gasteiger partial charge is 0.467 e. The summed E-state index contributed by atoms with van der Waals surface area (Å²) in [6.45, 7) is 4.64. The topological polar surface area (TPSA) is 75.3 Å². The van der Waals surface area contributed by atoms with Gasteiger partial charge in [0.2, 0.25) is 0 Å². The number of morpholine rings is 1. The zero-order chi connectivity index (χ0) is 13.9. The van der Waals surface area contributed by atoms with Gasteiger partial charge in [0.15, 0.2) is 6.79 Å². The zero-order valence-corrected chi connectivity index (χ0v) is 11.1. The number of rotatable bonds is 3. The maximum Gasteiger partial charge on any atom is 0.273 e. The summed E-state index contributed by atoms with van der Waals surface area (Å²) in [5.74, 6) is 0.577. The predicted octanol–water partition coefficient (Wildman–Crippen LogP) is -0.124. The highest BCUT2D eigenvalue weighted by molar-refractivity contribution is 5.49. The van der Waals surface area contributed by atoms with Crippen molar-refractivity contribution in [2.45, 2.75) is 13.2 Å². The molecule has 2 heterocycles. The van der Waals surface area contributed by atoms with E-state index in [9.17, 15) is 10.1 Å².